The van der Waals surface area contributed by atoms with Gasteiger partial charge in [0.1, 0.15) is 6.54 Å². The van der Waals surface area contributed by atoms with E-state index in [1.165, 1.54) is 0 Å². The number of fused-ring (bicyclic) bond motifs is 1. The van der Waals surface area contributed by atoms with Crippen LogP contribution in [0.25, 0.3) is 11.0 Å². The summed E-state index contributed by atoms with van der Waals surface area (Å²) < 4.78 is 1.71. The van der Waals surface area contributed by atoms with Crippen LogP contribution in [-0.2, 0) is 11.8 Å². The molecule has 1 saturated carbocycles. The summed E-state index contributed by atoms with van der Waals surface area (Å²) in [5, 5.41) is 8.81. The topological polar surface area (TPSA) is 80.1 Å². The van der Waals surface area contributed by atoms with E-state index in [1.807, 2.05) is 27.0 Å². The first-order chi connectivity index (χ1) is 15.3. The van der Waals surface area contributed by atoms with Gasteiger partial charge in [0, 0.05) is 30.2 Å². The molecule has 1 aromatic carbocycles. The van der Waals surface area contributed by atoms with E-state index in [2.05, 4.69) is 10.4 Å². The maximum atomic E-state index is 13.6. The van der Waals surface area contributed by atoms with Crippen LogP contribution in [0.3, 0.4) is 0 Å². The molecule has 0 saturated heterocycles. The lowest BCUT2D eigenvalue weighted by Crippen LogP contribution is -2.38. The average Bonchev–Trinajstić information content (AvgIpc) is 3.55. The number of nitrogens with one attached hydrogen (secondary N) is 1. The third kappa shape index (κ3) is 4.59. The summed E-state index contributed by atoms with van der Waals surface area (Å²) in [7, 11) is 1.83. The van der Waals surface area contributed by atoms with Crippen molar-refractivity contribution in [1.82, 2.24) is 19.7 Å². The Morgan fingerprint density at radius 2 is 2.00 bits per heavy atom. The Hall–Kier alpha value is -2.64. The molecular weight excluding hydrogens is 449 g/mol. The van der Waals surface area contributed by atoms with E-state index < -0.39 is 0 Å². The number of aryl methyl sites for hydroxylation is 2. The van der Waals surface area contributed by atoms with Gasteiger partial charge in [0.05, 0.1) is 27.4 Å². The highest BCUT2D eigenvalue weighted by Crippen LogP contribution is 2.40. The van der Waals surface area contributed by atoms with E-state index in [0.29, 0.717) is 45.8 Å². The number of amides is 2. The van der Waals surface area contributed by atoms with E-state index in [-0.39, 0.29) is 18.4 Å². The monoisotopic (exact) mass is 473 g/mol. The number of nitrogens with zero attached hydrogens (tertiary/aromatic N) is 4. The summed E-state index contributed by atoms with van der Waals surface area (Å²) in [5.74, 6) is -0.162. The van der Waals surface area contributed by atoms with E-state index >= 15 is 0 Å². The fraction of sp³-hybridized carbons (Fsp3) is 0.391. The number of pyridine rings is 1. The van der Waals surface area contributed by atoms with Crippen molar-refractivity contribution in [2.45, 2.75) is 39.0 Å². The van der Waals surface area contributed by atoms with E-state index in [4.69, 9.17) is 28.2 Å². The third-order valence-electron chi connectivity index (χ3n) is 5.53. The summed E-state index contributed by atoms with van der Waals surface area (Å²) in [6, 6.07) is 6.73. The lowest BCUT2D eigenvalue weighted by molar-refractivity contribution is -0.116. The third-order valence-corrected chi connectivity index (χ3v) is 6.10. The molecule has 4 rings (SSSR count). The van der Waals surface area contributed by atoms with E-state index in [1.54, 1.807) is 27.8 Å². The Morgan fingerprint density at radius 1 is 1.25 bits per heavy atom. The highest BCUT2D eigenvalue weighted by atomic mass is 35.5. The molecule has 0 atom stereocenters. The molecule has 1 aliphatic rings. The first-order valence-corrected chi connectivity index (χ1v) is 11.4. The molecule has 1 aliphatic carbocycles. The molecule has 2 aromatic heterocycles. The first kappa shape index (κ1) is 22.6. The zero-order valence-electron chi connectivity index (χ0n) is 18.3. The van der Waals surface area contributed by atoms with Gasteiger partial charge in [0.15, 0.2) is 5.65 Å². The van der Waals surface area contributed by atoms with Crippen LogP contribution in [-0.4, -0.2) is 44.6 Å². The van der Waals surface area contributed by atoms with Crippen molar-refractivity contribution >= 4 is 51.7 Å². The number of halogens is 2. The molecule has 1 N–H and O–H groups in total. The molecule has 0 aliphatic heterocycles. The zero-order valence-corrected chi connectivity index (χ0v) is 19.8. The molecule has 2 amide bonds. The molecule has 7 nitrogen and oxygen atoms in total. The fourth-order valence-electron chi connectivity index (χ4n) is 3.87. The van der Waals surface area contributed by atoms with Crippen LogP contribution in [0.5, 0.6) is 0 Å². The minimum atomic E-state index is -0.341. The van der Waals surface area contributed by atoms with Crippen LogP contribution in [0.1, 0.15) is 53.8 Å². The fourth-order valence-corrected chi connectivity index (χ4v) is 4.21. The molecule has 1 fully saturated rings. The Kier molecular flexibility index (Phi) is 6.40. The van der Waals surface area contributed by atoms with Crippen LogP contribution in [0.2, 0.25) is 10.0 Å². The second-order valence-corrected chi connectivity index (χ2v) is 9.02. The van der Waals surface area contributed by atoms with E-state index in [9.17, 15) is 9.59 Å². The number of hydrogen-bond acceptors (Lipinski definition) is 4. The number of aromatic nitrogens is 3. The molecule has 32 heavy (non-hydrogen) atoms. The van der Waals surface area contributed by atoms with Gasteiger partial charge in [-0.05, 0) is 50.5 Å². The zero-order chi connectivity index (χ0) is 23.0. The van der Waals surface area contributed by atoms with Crippen molar-refractivity contribution < 1.29 is 9.59 Å². The van der Waals surface area contributed by atoms with Crippen molar-refractivity contribution in [3.8, 4) is 0 Å². The van der Waals surface area contributed by atoms with Crippen molar-refractivity contribution in [3.63, 3.8) is 0 Å². The second kappa shape index (κ2) is 9.08. The Morgan fingerprint density at radius 3 is 2.69 bits per heavy atom. The molecule has 2 heterocycles. The van der Waals surface area contributed by atoms with Crippen molar-refractivity contribution in [3.05, 3.63) is 51.3 Å². The predicted molar refractivity (Wildman–Crippen MR) is 127 cm³/mol. The van der Waals surface area contributed by atoms with Gasteiger partial charge in [-0.25, -0.2) is 4.98 Å². The standard InChI is InChI=1S/C23H25Cl2N5O2/c1-4-9-30(12-20(31)26-19-10-15(24)7-8-17(19)25)23(32)16-11-18(14-5-6-14)27-22-21(16)13(2)28-29(22)3/h7-8,10-11,14H,4-6,9,12H2,1-3H3,(H,26,31). The number of hydrogen-bond donors (Lipinski definition) is 1. The van der Waals surface area contributed by atoms with Crippen LogP contribution in [0.4, 0.5) is 5.69 Å². The van der Waals surface area contributed by atoms with Crippen LogP contribution in [0, 0.1) is 6.92 Å². The quantitative estimate of drug-likeness (QED) is 0.526. The van der Waals surface area contributed by atoms with Gasteiger partial charge < -0.3 is 10.2 Å². The number of carbonyl (C=O) groups is 2. The van der Waals surface area contributed by atoms with Gasteiger partial charge in [-0.1, -0.05) is 30.1 Å². The van der Waals surface area contributed by atoms with Crippen molar-refractivity contribution in [1.29, 1.82) is 0 Å². The molecule has 9 heteroatoms. The maximum absolute atomic E-state index is 13.6. The normalized spacial score (nSPS) is 13.4. The minimum absolute atomic E-state index is 0.0998. The molecule has 0 unspecified atom stereocenters. The summed E-state index contributed by atoms with van der Waals surface area (Å²) in [6.07, 6.45) is 2.86. The number of rotatable bonds is 7. The van der Waals surface area contributed by atoms with Gasteiger partial charge in [-0.2, -0.15) is 5.10 Å². The molecule has 0 bridgehead atoms. The Balaban J connectivity index is 1.64. The van der Waals surface area contributed by atoms with Gasteiger partial charge in [-0.3, -0.25) is 14.3 Å². The summed E-state index contributed by atoms with van der Waals surface area (Å²) >= 11 is 12.2. The number of benzene rings is 1. The van der Waals surface area contributed by atoms with Crippen molar-refractivity contribution in [2.75, 3.05) is 18.4 Å². The number of carbonyl (C=O) groups excluding carboxylic acids is 2. The van der Waals surface area contributed by atoms with Gasteiger partial charge in [0.2, 0.25) is 5.91 Å². The summed E-state index contributed by atoms with van der Waals surface area (Å²) in [4.78, 5) is 32.8. The highest BCUT2D eigenvalue weighted by molar-refractivity contribution is 6.35. The SMILES string of the molecule is CCCN(CC(=O)Nc1cc(Cl)ccc1Cl)C(=O)c1cc(C2CC2)nc2c1c(C)nn2C. The smallest absolute Gasteiger partial charge is 0.255 e. The molecule has 0 spiro atoms. The lowest BCUT2D eigenvalue weighted by atomic mass is 10.1. The van der Waals surface area contributed by atoms with Crippen LogP contribution >= 0.6 is 23.2 Å². The molecule has 0 radical (unpaired) electrons. The predicted octanol–water partition coefficient (Wildman–Crippen LogP) is 4.95. The maximum Gasteiger partial charge on any atom is 0.255 e. The molecular formula is C23H25Cl2N5O2. The Bertz CT molecular complexity index is 1200. The average molecular weight is 474 g/mol. The molecule has 3 aromatic rings. The summed E-state index contributed by atoms with van der Waals surface area (Å²) in [5.41, 5.74) is 3.31. The Labute approximate surface area is 196 Å². The number of anilines is 1. The summed E-state index contributed by atoms with van der Waals surface area (Å²) in [6.45, 7) is 4.18. The highest BCUT2D eigenvalue weighted by Gasteiger charge is 2.30. The molecule has 168 valence electrons. The first-order valence-electron chi connectivity index (χ1n) is 10.7. The van der Waals surface area contributed by atoms with Gasteiger partial charge in [0.25, 0.3) is 5.91 Å². The lowest BCUT2D eigenvalue weighted by Gasteiger charge is -2.22. The van der Waals surface area contributed by atoms with Crippen LogP contribution in [0.15, 0.2) is 24.3 Å². The van der Waals surface area contributed by atoms with Gasteiger partial charge in [-0.15, -0.1) is 0 Å². The largest absolute Gasteiger partial charge is 0.329 e. The minimum Gasteiger partial charge on any atom is -0.329 e. The second-order valence-electron chi connectivity index (χ2n) is 8.18. The van der Waals surface area contributed by atoms with Gasteiger partial charge >= 0.3 is 0 Å². The van der Waals surface area contributed by atoms with E-state index in [0.717, 1.165) is 29.6 Å². The van der Waals surface area contributed by atoms with Crippen LogP contribution < -0.4 is 5.32 Å². The van der Waals surface area contributed by atoms with Crippen molar-refractivity contribution in [2.24, 2.45) is 7.05 Å².